The maximum atomic E-state index is 13.0. The van der Waals surface area contributed by atoms with Gasteiger partial charge in [0.2, 0.25) is 5.91 Å². The molecule has 0 atom stereocenters. The molecule has 0 saturated heterocycles. The molecule has 1 heterocycles. The van der Waals surface area contributed by atoms with E-state index in [9.17, 15) is 9.59 Å². The van der Waals surface area contributed by atoms with Gasteiger partial charge in [0.1, 0.15) is 18.1 Å². The lowest BCUT2D eigenvalue weighted by Crippen LogP contribution is -2.38. The molecule has 0 radical (unpaired) electrons. The molecule has 3 aromatic rings. The summed E-state index contributed by atoms with van der Waals surface area (Å²) in [7, 11) is 1.61. The number of nitrogens with zero attached hydrogens (tertiary/aromatic N) is 3. The Morgan fingerprint density at radius 1 is 1.09 bits per heavy atom. The third kappa shape index (κ3) is 6.17. The van der Waals surface area contributed by atoms with Gasteiger partial charge in [0, 0.05) is 28.6 Å². The molecule has 2 amide bonds. The second-order valence-corrected chi connectivity index (χ2v) is 9.49. The van der Waals surface area contributed by atoms with E-state index in [1.807, 2.05) is 37.3 Å². The molecule has 3 rings (SSSR count). The molecule has 0 unspecified atom stereocenters. The van der Waals surface area contributed by atoms with Crippen molar-refractivity contribution in [1.29, 1.82) is 0 Å². The van der Waals surface area contributed by atoms with E-state index in [-0.39, 0.29) is 23.8 Å². The third-order valence-corrected chi connectivity index (χ3v) is 5.52. The molecular weight excluding hydrogens is 452 g/mol. The van der Waals surface area contributed by atoms with E-state index in [0.29, 0.717) is 22.9 Å². The van der Waals surface area contributed by atoms with Gasteiger partial charge < -0.3 is 15.0 Å². The number of halogens is 1. The molecule has 0 saturated carbocycles. The van der Waals surface area contributed by atoms with E-state index in [0.717, 1.165) is 23.6 Å². The minimum absolute atomic E-state index is 0.0755. The summed E-state index contributed by atoms with van der Waals surface area (Å²) in [5.41, 5.74) is 1.90. The van der Waals surface area contributed by atoms with Gasteiger partial charge in [-0.05, 0) is 55.0 Å². The number of rotatable bonds is 8. The number of carbonyl (C=O) groups excluding carboxylic acids is 2. The van der Waals surface area contributed by atoms with Crippen molar-refractivity contribution in [3.63, 3.8) is 0 Å². The van der Waals surface area contributed by atoms with Crippen molar-refractivity contribution >= 4 is 29.2 Å². The molecule has 0 spiro atoms. The van der Waals surface area contributed by atoms with Crippen LogP contribution in [0.25, 0.3) is 5.69 Å². The number of benzene rings is 2. The second kappa shape index (κ2) is 10.7. The Labute approximate surface area is 205 Å². The number of methoxy groups -OCH3 is 1. The summed E-state index contributed by atoms with van der Waals surface area (Å²) >= 11 is 5.94. The predicted molar refractivity (Wildman–Crippen MR) is 135 cm³/mol. The van der Waals surface area contributed by atoms with E-state index in [1.54, 1.807) is 36.1 Å². The molecular formula is C26H31ClN4O3. The zero-order valence-electron chi connectivity index (χ0n) is 20.3. The molecule has 34 heavy (non-hydrogen) atoms. The van der Waals surface area contributed by atoms with Gasteiger partial charge in [-0.1, -0.05) is 39.3 Å². The molecule has 0 fully saturated rings. The monoisotopic (exact) mass is 482 g/mol. The Kier molecular flexibility index (Phi) is 7.99. The molecule has 2 aromatic carbocycles. The summed E-state index contributed by atoms with van der Waals surface area (Å²) < 4.78 is 6.94. The lowest BCUT2D eigenvalue weighted by atomic mass is 9.92. The number of carbonyl (C=O) groups is 2. The van der Waals surface area contributed by atoms with Gasteiger partial charge in [0.25, 0.3) is 5.91 Å². The average Bonchev–Trinajstić information content (AvgIpc) is 3.23. The normalized spacial score (nSPS) is 11.2. The number of anilines is 1. The number of aromatic nitrogens is 2. The first-order chi connectivity index (χ1) is 16.1. The van der Waals surface area contributed by atoms with Crippen molar-refractivity contribution in [2.24, 2.45) is 0 Å². The Balaban J connectivity index is 1.84. The highest BCUT2D eigenvalue weighted by Gasteiger charge is 2.23. The van der Waals surface area contributed by atoms with Crippen molar-refractivity contribution in [2.45, 2.75) is 39.5 Å². The minimum Gasteiger partial charge on any atom is -0.497 e. The van der Waals surface area contributed by atoms with Gasteiger partial charge in [0.15, 0.2) is 0 Å². The van der Waals surface area contributed by atoms with Crippen LogP contribution < -0.4 is 10.1 Å². The number of amides is 2. The number of hydrogen-bond acceptors (Lipinski definition) is 4. The summed E-state index contributed by atoms with van der Waals surface area (Å²) in [5.74, 6) is 0.752. The summed E-state index contributed by atoms with van der Waals surface area (Å²) in [6, 6.07) is 16.0. The zero-order valence-corrected chi connectivity index (χ0v) is 21.0. The van der Waals surface area contributed by atoms with Crippen LogP contribution in [0.1, 0.15) is 50.2 Å². The fourth-order valence-electron chi connectivity index (χ4n) is 3.41. The maximum Gasteiger partial charge on any atom is 0.254 e. The van der Waals surface area contributed by atoms with Crippen LogP contribution in [0.5, 0.6) is 5.75 Å². The van der Waals surface area contributed by atoms with Crippen molar-refractivity contribution in [3.05, 3.63) is 70.9 Å². The molecule has 0 bridgehead atoms. The highest BCUT2D eigenvalue weighted by molar-refractivity contribution is 6.30. The van der Waals surface area contributed by atoms with Crippen LogP contribution in [-0.4, -0.2) is 46.7 Å². The highest BCUT2D eigenvalue weighted by Crippen LogP contribution is 2.27. The van der Waals surface area contributed by atoms with Crippen LogP contribution in [0.15, 0.2) is 54.6 Å². The summed E-state index contributed by atoms with van der Waals surface area (Å²) in [6.45, 7) is 8.54. The first kappa shape index (κ1) is 25.3. The number of ether oxygens (including phenoxy) is 1. The van der Waals surface area contributed by atoms with Crippen molar-refractivity contribution in [3.8, 4) is 11.4 Å². The number of nitrogens with one attached hydrogen (secondary N) is 1. The van der Waals surface area contributed by atoms with Gasteiger partial charge in [0.05, 0.1) is 18.5 Å². The van der Waals surface area contributed by atoms with E-state index in [1.165, 1.54) is 4.90 Å². The molecule has 180 valence electrons. The molecule has 1 N–H and O–H groups in total. The smallest absolute Gasteiger partial charge is 0.254 e. The van der Waals surface area contributed by atoms with E-state index < -0.39 is 0 Å². The summed E-state index contributed by atoms with van der Waals surface area (Å²) in [5, 5.41) is 8.24. The van der Waals surface area contributed by atoms with Gasteiger partial charge in [-0.15, -0.1) is 0 Å². The topological polar surface area (TPSA) is 76.5 Å². The van der Waals surface area contributed by atoms with Crippen LogP contribution in [0, 0.1) is 0 Å². The van der Waals surface area contributed by atoms with E-state index in [2.05, 4.69) is 26.1 Å². The van der Waals surface area contributed by atoms with E-state index in [4.69, 9.17) is 21.4 Å². The second-order valence-electron chi connectivity index (χ2n) is 9.06. The lowest BCUT2D eigenvalue weighted by molar-refractivity contribution is -0.116. The van der Waals surface area contributed by atoms with Crippen LogP contribution in [0.2, 0.25) is 5.02 Å². The minimum atomic E-state index is -0.300. The predicted octanol–water partition coefficient (Wildman–Crippen LogP) is 5.32. The molecule has 1 aromatic heterocycles. The zero-order chi connectivity index (χ0) is 24.9. The largest absolute Gasteiger partial charge is 0.497 e. The van der Waals surface area contributed by atoms with E-state index >= 15 is 0 Å². The van der Waals surface area contributed by atoms with Crippen LogP contribution in [-0.2, 0) is 10.2 Å². The number of hydrogen-bond donors (Lipinski definition) is 1. The van der Waals surface area contributed by atoms with Gasteiger partial charge >= 0.3 is 0 Å². The SMILES string of the molecule is CCCN(CC(=O)Nc1cc(C(C)(C)C)nn1-c1ccc(OC)cc1)C(=O)c1ccc(Cl)cc1. The molecule has 0 aliphatic carbocycles. The van der Waals surface area contributed by atoms with Crippen molar-refractivity contribution < 1.29 is 14.3 Å². The highest BCUT2D eigenvalue weighted by atomic mass is 35.5. The Hall–Kier alpha value is -3.32. The van der Waals surface area contributed by atoms with Gasteiger partial charge in [-0.2, -0.15) is 5.10 Å². The molecule has 0 aliphatic heterocycles. The fourth-order valence-corrected chi connectivity index (χ4v) is 3.54. The summed E-state index contributed by atoms with van der Waals surface area (Å²) in [4.78, 5) is 27.6. The Morgan fingerprint density at radius 3 is 2.29 bits per heavy atom. The van der Waals surface area contributed by atoms with Crippen molar-refractivity contribution in [1.82, 2.24) is 14.7 Å². The molecule has 8 heteroatoms. The van der Waals surface area contributed by atoms with Gasteiger partial charge in [-0.25, -0.2) is 4.68 Å². The maximum absolute atomic E-state index is 13.0. The standard InChI is InChI=1S/C26H31ClN4O3/c1-6-15-30(25(33)18-7-9-19(27)10-8-18)17-24(32)28-23-16-22(26(2,3)4)29-31(23)20-11-13-21(34-5)14-12-20/h7-14,16H,6,15,17H2,1-5H3,(H,28,32). The quantitative estimate of drug-likeness (QED) is 0.471. The van der Waals surface area contributed by atoms with Crippen LogP contribution in [0.4, 0.5) is 5.82 Å². The molecule has 7 nitrogen and oxygen atoms in total. The van der Waals surface area contributed by atoms with Crippen molar-refractivity contribution in [2.75, 3.05) is 25.5 Å². The van der Waals surface area contributed by atoms with Crippen LogP contribution in [0.3, 0.4) is 0 Å². The lowest BCUT2D eigenvalue weighted by Gasteiger charge is -2.22. The third-order valence-electron chi connectivity index (χ3n) is 5.27. The molecule has 0 aliphatic rings. The Bertz CT molecular complexity index is 1130. The Morgan fingerprint density at radius 2 is 1.74 bits per heavy atom. The first-order valence-electron chi connectivity index (χ1n) is 11.2. The van der Waals surface area contributed by atoms with Gasteiger partial charge in [-0.3, -0.25) is 9.59 Å². The first-order valence-corrected chi connectivity index (χ1v) is 11.6. The average molecular weight is 483 g/mol. The fraction of sp³-hybridized carbons (Fsp3) is 0.346. The van der Waals surface area contributed by atoms with Crippen LogP contribution >= 0.6 is 11.6 Å². The summed E-state index contributed by atoms with van der Waals surface area (Å²) in [6.07, 6.45) is 0.727.